The molecule has 0 unspecified atom stereocenters. The Morgan fingerprint density at radius 1 is 1.22 bits per heavy atom. The molecule has 23 heavy (non-hydrogen) atoms. The van der Waals surface area contributed by atoms with Crippen LogP contribution in [0.1, 0.15) is 6.92 Å². The van der Waals surface area contributed by atoms with Gasteiger partial charge in [-0.2, -0.15) is 0 Å². The zero-order valence-corrected chi connectivity index (χ0v) is 16.1. The second kappa shape index (κ2) is 8.40. The van der Waals surface area contributed by atoms with Crippen molar-refractivity contribution in [1.82, 2.24) is 4.90 Å². The fraction of sp³-hybridized carbons (Fsp3) is 0.235. The van der Waals surface area contributed by atoms with Crippen LogP contribution in [0.3, 0.4) is 0 Å². The molecule has 6 heteroatoms. The van der Waals surface area contributed by atoms with Crippen molar-refractivity contribution in [3.63, 3.8) is 0 Å². The predicted molar refractivity (Wildman–Crippen MR) is 104 cm³/mol. The minimum absolute atomic E-state index is 0.507. The maximum Gasteiger partial charge on any atom is 0.170 e. The van der Waals surface area contributed by atoms with Gasteiger partial charge in [0, 0.05) is 25.7 Å². The van der Waals surface area contributed by atoms with Crippen LogP contribution in [-0.4, -0.2) is 31.9 Å². The van der Waals surface area contributed by atoms with Crippen LogP contribution in [0.5, 0.6) is 17.2 Å². The van der Waals surface area contributed by atoms with Gasteiger partial charge in [0.25, 0.3) is 0 Å². The third kappa shape index (κ3) is 4.75. The summed E-state index contributed by atoms with van der Waals surface area (Å²) in [6.45, 7) is 2.92. The van der Waals surface area contributed by atoms with Gasteiger partial charge in [0.05, 0.1) is 27.7 Å². The number of aliphatic imine (C=N–C) groups is 1. The molecule has 2 aromatic carbocycles. The molecule has 0 aliphatic rings. The summed E-state index contributed by atoms with van der Waals surface area (Å²) in [4.78, 5) is 6.34. The molecule has 0 aromatic heterocycles. The van der Waals surface area contributed by atoms with Gasteiger partial charge >= 0.3 is 0 Å². The van der Waals surface area contributed by atoms with Crippen molar-refractivity contribution in [3.05, 3.63) is 45.0 Å². The zero-order chi connectivity index (χ0) is 16.8. The zero-order valence-electron chi connectivity index (χ0n) is 13.2. The van der Waals surface area contributed by atoms with Gasteiger partial charge < -0.3 is 14.4 Å². The van der Waals surface area contributed by atoms with Crippen LogP contribution in [0, 0.1) is 3.57 Å². The van der Waals surface area contributed by atoms with E-state index in [1.54, 1.807) is 25.6 Å². The second-order valence-corrected chi connectivity index (χ2v) is 6.37. The molecule has 0 N–H and O–H groups in total. The lowest BCUT2D eigenvalue weighted by atomic mass is 10.2. The van der Waals surface area contributed by atoms with Gasteiger partial charge in [-0.3, -0.25) is 0 Å². The van der Waals surface area contributed by atoms with E-state index in [-0.39, 0.29) is 0 Å². The fourth-order valence-corrected chi connectivity index (χ4v) is 2.45. The number of hydrogen-bond acceptors (Lipinski definition) is 3. The number of methoxy groups -OCH3 is 1. The first-order chi connectivity index (χ1) is 11.0. The van der Waals surface area contributed by atoms with Crippen molar-refractivity contribution in [3.8, 4) is 17.2 Å². The first-order valence-electron chi connectivity index (χ1n) is 7.09. The second-order valence-electron chi connectivity index (χ2n) is 4.80. The minimum Gasteiger partial charge on any atom is -0.493 e. The van der Waals surface area contributed by atoms with E-state index < -0.39 is 0 Å². The Morgan fingerprint density at radius 2 is 1.96 bits per heavy atom. The summed E-state index contributed by atoms with van der Waals surface area (Å²) in [6.07, 6.45) is 1.74. The number of rotatable bonds is 6. The van der Waals surface area contributed by atoms with Crippen LogP contribution in [-0.2, 0) is 0 Å². The summed E-state index contributed by atoms with van der Waals surface area (Å²) < 4.78 is 12.4. The van der Waals surface area contributed by atoms with Gasteiger partial charge in [-0.25, -0.2) is 4.99 Å². The maximum absolute atomic E-state index is 6.32. The number of ether oxygens (including phenoxy) is 2. The maximum atomic E-state index is 6.32. The minimum atomic E-state index is 0.507. The molecule has 0 saturated heterocycles. The van der Waals surface area contributed by atoms with Crippen molar-refractivity contribution in [2.45, 2.75) is 6.92 Å². The smallest absolute Gasteiger partial charge is 0.170 e. The average molecular weight is 445 g/mol. The Bertz CT molecular complexity index is 707. The van der Waals surface area contributed by atoms with Crippen LogP contribution in [0.2, 0.25) is 5.02 Å². The number of para-hydroxylation sites is 1. The standard InChI is InChI=1S/C17H18ClIN2O2/c1-4-21(2)11-20-14-10-16(22-3)17(9-12(14)18)23-15-8-6-5-7-13(15)19/h5-11H,4H2,1-3H3. The van der Waals surface area contributed by atoms with E-state index in [9.17, 15) is 0 Å². The van der Waals surface area contributed by atoms with E-state index in [2.05, 4.69) is 27.6 Å². The highest BCUT2D eigenvalue weighted by Gasteiger charge is 2.12. The van der Waals surface area contributed by atoms with E-state index in [0.29, 0.717) is 22.2 Å². The van der Waals surface area contributed by atoms with Crippen LogP contribution in [0.25, 0.3) is 0 Å². The van der Waals surface area contributed by atoms with E-state index in [4.69, 9.17) is 21.1 Å². The van der Waals surface area contributed by atoms with Crippen LogP contribution in [0.4, 0.5) is 5.69 Å². The van der Waals surface area contributed by atoms with Gasteiger partial charge in [-0.15, -0.1) is 0 Å². The molecule has 0 spiro atoms. The molecule has 0 atom stereocenters. The molecular formula is C17H18ClIN2O2. The molecule has 2 aromatic rings. The highest BCUT2D eigenvalue weighted by Crippen LogP contribution is 2.40. The summed E-state index contributed by atoms with van der Waals surface area (Å²) >= 11 is 8.54. The summed E-state index contributed by atoms with van der Waals surface area (Å²) in [5.74, 6) is 1.90. The highest BCUT2D eigenvalue weighted by atomic mass is 127. The largest absolute Gasteiger partial charge is 0.493 e. The van der Waals surface area contributed by atoms with Crippen molar-refractivity contribution < 1.29 is 9.47 Å². The lowest BCUT2D eigenvalue weighted by molar-refractivity contribution is 0.378. The molecule has 2 rings (SSSR count). The SMILES string of the molecule is CCN(C)C=Nc1cc(OC)c(Oc2ccccc2I)cc1Cl. The van der Waals surface area contributed by atoms with Crippen molar-refractivity contribution in [1.29, 1.82) is 0 Å². The summed E-state index contributed by atoms with van der Waals surface area (Å²) in [5.41, 5.74) is 0.638. The molecule has 0 fully saturated rings. The molecule has 0 aliphatic carbocycles. The Hall–Kier alpha value is -1.47. The molecule has 0 saturated carbocycles. The lowest BCUT2D eigenvalue weighted by Crippen LogP contribution is -2.14. The normalized spacial score (nSPS) is 10.8. The Labute approximate surface area is 155 Å². The summed E-state index contributed by atoms with van der Waals surface area (Å²) in [5, 5.41) is 0.507. The first-order valence-corrected chi connectivity index (χ1v) is 8.55. The third-order valence-corrected chi connectivity index (χ3v) is 4.38. The van der Waals surface area contributed by atoms with Gasteiger partial charge in [-0.05, 0) is 41.6 Å². The predicted octanol–water partition coefficient (Wildman–Crippen LogP) is 5.36. The molecule has 0 aliphatic heterocycles. The molecular weight excluding hydrogens is 427 g/mol. The van der Waals surface area contributed by atoms with Crippen molar-refractivity contribution >= 4 is 46.2 Å². The topological polar surface area (TPSA) is 34.1 Å². The van der Waals surface area contributed by atoms with Gasteiger partial charge in [-0.1, -0.05) is 23.7 Å². The van der Waals surface area contributed by atoms with Crippen LogP contribution in [0.15, 0.2) is 41.4 Å². The lowest BCUT2D eigenvalue weighted by Gasteiger charge is -2.13. The van der Waals surface area contributed by atoms with E-state index >= 15 is 0 Å². The van der Waals surface area contributed by atoms with Gasteiger partial charge in [0.15, 0.2) is 11.5 Å². The van der Waals surface area contributed by atoms with Crippen LogP contribution >= 0.6 is 34.2 Å². The Balaban J connectivity index is 2.33. The molecule has 0 bridgehead atoms. The van der Waals surface area contributed by atoms with Gasteiger partial charge in [0.2, 0.25) is 0 Å². The van der Waals surface area contributed by atoms with E-state index in [0.717, 1.165) is 15.9 Å². The highest BCUT2D eigenvalue weighted by molar-refractivity contribution is 14.1. The fourth-order valence-electron chi connectivity index (χ4n) is 1.75. The number of hydrogen-bond donors (Lipinski definition) is 0. The van der Waals surface area contributed by atoms with Crippen molar-refractivity contribution in [2.75, 3.05) is 20.7 Å². The quantitative estimate of drug-likeness (QED) is 0.342. The van der Waals surface area contributed by atoms with Gasteiger partial charge in [0.1, 0.15) is 5.75 Å². The molecule has 0 amide bonds. The number of halogens is 2. The molecule has 0 radical (unpaired) electrons. The van der Waals surface area contributed by atoms with Crippen LogP contribution < -0.4 is 9.47 Å². The van der Waals surface area contributed by atoms with Crippen molar-refractivity contribution in [2.24, 2.45) is 4.99 Å². The number of benzene rings is 2. The first kappa shape index (κ1) is 17.9. The molecule has 122 valence electrons. The molecule has 0 heterocycles. The van der Waals surface area contributed by atoms with E-state index in [1.807, 2.05) is 43.1 Å². The Kier molecular flexibility index (Phi) is 6.53. The average Bonchev–Trinajstić information content (AvgIpc) is 2.55. The summed E-state index contributed by atoms with van der Waals surface area (Å²) in [7, 11) is 3.54. The molecule has 4 nitrogen and oxygen atoms in total. The monoisotopic (exact) mass is 444 g/mol. The number of nitrogens with zero attached hydrogens (tertiary/aromatic N) is 2. The Morgan fingerprint density at radius 3 is 2.61 bits per heavy atom. The van der Waals surface area contributed by atoms with E-state index in [1.165, 1.54) is 0 Å². The third-order valence-electron chi connectivity index (χ3n) is 3.18. The summed E-state index contributed by atoms with van der Waals surface area (Å²) in [6, 6.07) is 11.3.